The lowest BCUT2D eigenvalue weighted by Gasteiger charge is -2.32. The summed E-state index contributed by atoms with van der Waals surface area (Å²) in [6.07, 6.45) is 2.09. The number of amides is 3. The van der Waals surface area contributed by atoms with Crippen LogP contribution in [0.2, 0.25) is 0 Å². The maximum Gasteiger partial charge on any atom is 0.265 e. The number of rotatable bonds is 8. The Bertz CT molecular complexity index is 881. The second-order valence-electron chi connectivity index (χ2n) is 8.20. The lowest BCUT2D eigenvalue weighted by Crippen LogP contribution is -2.44. The minimum Gasteiger partial charge on any atom is -0.356 e. The fourth-order valence-corrected chi connectivity index (χ4v) is 4.17. The molecule has 0 bridgehead atoms. The lowest BCUT2D eigenvalue weighted by atomic mass is 9.97. The van der Waals surface area contributed by atoms with Crippen molar-refractivity contribution >= 4 is 40.4 Å². The normalized spacial score (nSPS) is 16.7. The molecule has 0 radical (unpaired) electrons. The number of benzene rings is 1. The zero-order valence-corrected chi connectivity index (χ0v) is 18.8. The van der Waals surface area contributed by atoms with Gasteiger partial charge in [-0.2, -0.15) is 0 Å². The van der Waals surface area contributed by atoms with E-state index in [-0.39, 0.29) is 23.6 Å². The average Bonchev–Trinajstić information content (AvgIpc) is 3.28. The van der Waals surface area contributed by atoms with Gasteiger partial charge in [0.05, 0.1) is 11.4 Å². The molecule has 3 N–H and O–H groups in total. The van der Waals surface area contributed by atoms with Gasteiger partial charge in [-0.25, -0.2) is 0 Å². The quantitative estimate of drug-likeness (QED) is 0.584. The number of carbonyl (C=O) groups is 3. The highest BCUT2D eigenvalue weighted by atomic mass is 32.1. The molecule has 1 fully saturated rings. The number of thiophene rings is 1. The van der Waals surface area contributed by atoms with Crippen LogP contribution in [0, 0.1) is 11.8 Å². The van der Waals surface area contributed by atoms with E-state index >= 15 is 0 Å². The van der Waals surface area contributed by atoms with Crippen LogP contribution < -0.4 is 16.0 Å². The first-order valence-corrected chi connectivity index (χ1v) is 11.5. The number of nitrogens with zero attached hydrogens (tertiary/aromatic N) is 1. The predicted molar refractivity (Wildman–Crippen MR) is 124 cm³/mol. The van der Waals surface area contributed by atoms with Crippen molar-refractivity contribution < 1.29 is 14.4 Å². The van der Waals surface area contributed by atoms with Gasteiger partial charge in [0.2, 0.25) is 11.8 Å². The molecule has 2 heterocycles. The molecule has 166 valence electrons. The molecule has 7 nitrogen and oxygen atoms in total. The molecule has 1 aromatic heterocycles. The summed E-state index contributed by atoms with van der Waals surface area (Å²) in [7, 11) is 0. The number of nitrogens with one attached hydrogen (secondary N) is 3. The third-order valence-corrected chi connectivity index (χ3v) is 6.10. The summed E-state index contributed by atoms with van der Waals surface area (Å²) in [5.41, 5.74) is 1.37. The van der Waals surface area contributed by atoms with E-state index in [0.29, 0.717) is 35.3 Å². The van der Waals surface area contributed by atoms with Crippen molar-refractivity contribution in [1.82, 2.24) is 10.2 Å². The summed E-state index contributed by atoms with van der Waals surface area (Å²) in [6.45, 7) is 6.45. The molecule has 0 aliphatic carbocycles. The molecule has 1 unspecified atom stereocenters. The highest BCUT2D eigenvalue weighted by Crippen LogP contribution is 2.18. The van der Waals surface area contributed by atoms with Crippen LogP contribution in [0.3, 0.4) is 0 Å². The van der Waals surface area contributed by atoms with Crippen LogP contribution >= 0.6 is 11.3 Å². The Morgan fingerprint density at radius 1 is 1.10 bits per heavy atom. The van der Waals surface area contributed by atoms with Crippen LogP contribution in [0.5, 0.6) is 0 Å². The second-order valence-corrected chi connectivity index (χ2v) is 9.15. The molecular formula is C23H30N4O3S. The van der Waals surface area contributed by atoms with Crippen LogP contribution in [0.4, 0.5) is 11.4 Å². The first kappa shape index (κ1) is 23.0. The summed E-state index contributed by atoms with van der Waals surface area (Å²) in [6, 6.07) is 10.7. The zero-order chi connectivity index (χ0) is 22.2. The van der Waals surface area contributed by atoms with E-state index in [9.17, 15) is 14.4 Å². The topological polar surface area (TPSA) is 90.5 Å². The fraction of sp³-hybridized carbons (Fsp3) is 0.435. The van der Waals surface area contributed by atoms with E-state index in [1.807, 2.05) is 25.3 Å². The first-order chi connectivity index (χ1) is 14.9. The summed E-state index contributed by atoms with van der Waals surface area (Å²) < 4.78 is 0. The van der Waals surface area contributed by atoms with E-state index in [0.717, 1.165) is 25.9 Å². The molecule has 2 aromatic rings. The number of likely N-dealkylation sites (tertiary alicyclic amines) is 1. The van der Waals surface area contributed by atoms with Crippen molar-refractivity contribution in [3.05, 3.63) is 46.7 Å². The number of hydrogen-bond donors (Lipinski definition) is 3. The minimum atomic E-state index is -0.143. The summed E-state index contributed by atoms with van der Waals surface area (Å²) in [5.74, 6) is 0.222. The standard InChI is InChI=1S/C23H30N4O3S/c1-16(2)22(29)24-13-17-5-3-11-27(14-17)15-21(28)25-18-7-9-19(10-8-18)26-23(30)20-6-4-12-31-20/h4,6-10,12,16-17H,3,5,11,13-15H2,1-2H3,(H,24,29)(H,25,28)(H,26,30). The largest absolute Gasteiger partial charge is 0.356 e. The van der Waals surface area contributed by atoms with Gasteiger partial charge in [0.25, 0.3) is 5.91 Å². The summed E-state index contributed by atoms with van der Waals surface area (Å²) >= 11 is 1.39. The molecule has 0 spiro atoms. The molecule has 1 aliphatic heterocycles. The molecule has 1 atom stereocenters. The van der Waals surface area contributed by atoms with Gasteiger partial charge in [-0.3, -0.25) is 19.3 Å². The molecule has 3 amide bonds. The Hall–Kier alpha value is -2.71. The van der Waals surface area contributed by atoms with Gasteiger partial charge in [-0.05, 0) is 61.0 Å². The Kier molecular flexibility index (Phi) is 8.20. The van der Waals surface area contributed by atoms with E-state index in [2.05, 4.69) is 20.9 Å². The first-order valence-electron chi connectivity index (χ1n) is 10.7. The SMILES string of the molecule is CC(C)C(=O)NCC1CCCN(CC(=O)Nc2ccc(NC(=O)c3cccs3)cc2)C1. The molecule has 0 saturated carbocycles. The van der Waals surface area contributed by atoms with Crippen molar-refractivity contribution in [2.75, 3.05) is 36.8 Å². The fourth-order valence-electron chi connectivity index (χ4n) is 3.55. The number of carbonyl (C=O) groups excluding carboxylic acids is 3. The van der Waals surface area contributed by atoms with Gasteiger partial charge >= 0.3 is 0 Å². The van der Waals surface area contributed by atoms with Crippen molar-refractivity contribution in [3.63, 3.8) is 0 Å². The summed E-state index contributed by atoms with van der Waals surface area (Å²) in [4.78, 5) is 39.1. The monoisotopic (exact) mass is 442 g/mol. The molecule has 3 rings (SSSR count). The van der Waals surface area contributed by atoms with Crippen LogP contribution in [0.1, 0.15) is 36.4 Å². The minimum absolute atomic E-state index is 0.0131. The Morgan fingerprint density at radius 3 is 2.45 bits per heavy atom. The third-order valence-electron chi connectivity index (χ3n) is 5.23. The molecule has 1 aliphatic rings. The number of hydrogen-bond acceptors (Lipinski definition) is 5. The van der Waals surface area contributed by atoms with Gasteiger partial charge < -0.3 is 16.0 Å². The van der Waals surface area contributed by atoms with Crippen LogP contribution in [-0.4, -0.2) is 48.8 Å². The molecule has 31 heavy (non-hydrogen) atoms. The van der Waals surface area contributed by atoms with Gasteiger partial charge in [-0.1, -0.05) is 19.9 Å². The average molecular weight is 443 g/mol. The Labute approximate surface area is 187 Å². The van der Waals surface area contributed by atoms with Crippen LogP contribution in [-0.2, 0) is 9.59 Å². The lowest BCUT2D eigenvalue weighted by molar-refractivity contribution is -0.124. The van der Waals surface area contributed by atoms with Gasteiger partial charge in [0, 0.05) is 30.4 Å². The van der Waals surface area contributed by atoms with Crippen LogP contribution in [0.15, 0.2) is 41.8 Å². The smallest absolute Gasteiger partial charge is 0.265 e. The van der Waals surface area contributed by atoms with E-state index < -0.39 is 0 Å². The zero-order valence-electron chi connectivity index (χ0n) is 18.0. The maximum absolute atomic E-state index is 12.5. The highest BCUT2D eigenvalue weighted by Gasteiger charge is 2.22. The van der Waals surface area contributed by atoms with Crippen LogP contribution in [0.25, 0.3) is 0 Å². The number of piperidine rings is 1. The molecule has 1 saturated heterocycles. The Balaban J connectivity index is 1.43. The predicted octanol–water partition coefficient (Wildman–Crippen LogP) is 3.42. The van der Waals surface area contributed by atoms with Crippen molar-refractivity contribution in [1.29, 1.82) is 0 Å². The Morgan fingerprint density at radius 2 is 1.81 bits per heavy atom. The molecule has 1 aromatic carbocycles. The van der Waals surface area contributed by atoms with E-state index in [1.165, 1.54) is 11.3 Å². The molecular weight excluding hydrogens is 412 g/mol. The van der Waals surface area contributed by atoms with Gasteiger partial charge in [0.1, 0.15) is 0 Å². The van der Waals surface area contributed by atoms with Crippen molar-refractivity contribution in [3.8, 4) is 0 Å². The van der Waals surface area contributed by atoms with Crippen molar-refractivity contribution in [2.45, 2.75) is 26.7 Å². The third kappa shape index (κ3) is 7.18. The van der Waals surface area contributed by atoms with E-state index in [1.54, 1.807) is 30.3 Å². The number of anilines is 2. The molecule has 8 heteroatoms. The van der Waals surface area contributed by atoms with Gasteiger partial charge in [0.15, 0.2) is 0 Å². The highest BCUT2D eigenvalue weighted by molar-refractivity contribution is 7.12. The van der Waals surface area contributed by atoms with E-state index in [4.69, 9.17) is 0 Å². The second kappa shape index (κ2) is 11.1. The maximum atomic E-state index is 12.5. The summed E-state index contributed by atoms with van der Waals surface area (Å²) in [5, 5.41) is 10.6. The van der Waals surface area contributed by atoms with Gasteiger partial charge in [-0.15, -0.1) is 11.3 Å². The van der Waals surface area contributed by atoms with Crippen molar-refractivity contribution in [2.24, 2.45) is 11.8 Å².